The number of hydrogen-bond donors (Lipinski definition) is 0. The van der Waals surface area contributed by atoms with E-state index in [1.54, 1.807) is 0 Å². The molecule has 1 unspecified atom stereocenters. The number of anilines is 1. The number of nitrogens with zero attached hydrogens (tertiary/aromatic N) is 6. The van der Waals surface area contributed by atoms with Gasteiger partial charge in [-0.15, -0.1) is 0 Å². The Hall–Kier alpha value is -2.49. The van der Waals surface area contributed by atoms with E-state index in [9.17, 15) is 8.42 Å². The Morgan fingerprint density at radius 1 is 1.07 bits per heavy atom. The minimum Gasteiger partial charge on any atom is -0.422 e. The summed E-state index contributed by atoms with van der Waals surface area (Å²) in [4.78, 5) is 15.8. The van der Waals surface area contributed by atoms with Gasteiger partial charge in [-0.05, 0) is 45.2 Å². The van der Waals surface area contributed by atoms with E-state index in [4.69, 9.17) is 4.42 Å². The van der Waals surface area contributed by atoms with E-state index in [-0.39, 0.29) is 23.5 Å². The van der Waals surface area contributed by atoms with Crippen LogP contribution < -0.4 is 4.90 Å². The quantitative estimate of drug-likeness (QED) is 0.639. The molecule has 0 aromatic carbocycles. The van der Waals surface area contributed by atoms with Crippen molar-refractivity contribution < 1.29 is 12.8 Å². The summed E-state index contributed by atoms with van der Waals surface area (Å²) in [5, 5.41) is 4.54. The number of sulfone groups is 1. The highest BCUT2D eigenvalue weighted by molar-refractivity contribution is 7.91. The Kier molecular flexibility index (Phi) is 4.34. The van der Waals surface area contributed by atoms with Crippen LogP contribution in [0.15, 0.2) is 16.5 Å². The van der Waals surface area contributed by atoms with Crippen molar-refractivity contribution in [2.75, 3.05) is 29.5 Å². The molecular weight excluding hydrogens is 392 g/mol. The van der Waals surface area contributed by atoms with Crippen molar-refractivity contribution in [3.63, 3.8) is 0 Å². The first kappa shape index (κ1) is 18.5. The summed E-state index contributed by atoms with van der Waals surface area (Å²) < 4.78 is 31.6. The number of aryl methyl sites for hydroxylation is 2. The molecule has 0 amide bonds. The van der Waals surface area contributed by atoms with Crippen LogP contribution in [0.4, 0.5) is 6.01 Å². The minimum absolute atomic E-state index is 0.0967. The van der Waals surface area contributed by atoms with Crippen LogP contribution in [0.2, 0.25) is 0 Å². The molecule has 2 aliphatic rings. The Balaban J connectivity index is 1.33. The lowest BCUT2D eigenvalue weighted by atomic mass is 9.96. The Morgan fingerprint density at radius 2 is 1.86 bits per heavy atom. The molecule has 3 aromatic heterocycles. The number of piperidine rings is 1. The molecule has 0 bridgehead atoms. The Bertz CT molecular complexity index is 1160. The highest BCUT2D eigenvalue weighted by Gasteiger charge is 2.34. The van der Waals surface area contributed by atoms with Crippen molar-refractivity contribution in [1.82, 2.24) is 24.7 Å². The molecule has 9 nitrogen and oxygen atoms in total. The van der Waals surface area contributed by atoms with Gasteiger partial charge in [-0.1, -0.05) is 0 Å². The molecule has 0 radical (unpaired) electrons. The van der Waals surface area contributed by atoms with E-state index >= 15 is 0 Å². The summed E-state index contributed by atoms with van der Waals surface area (Å²) in [5.74, 6) is 2.27. The van der Waals surface area contributed by atoms with Crippen LogP contribution in [-0.2, 0) is 9.84 Å². The third-order valence-electron chi connectivity index (χ3n) is 5.83. The van der Waals surface area contributed by atoms with Gasteiger partial charge in [0, 0.05) is 24.7 Å². The van der Waals surface area contributed by atoms with Gasteiger partial charge in [0.2, 0.25) is 5.65 Å². The first-order valence-corrected chi connectivity index (χ1v) is 11.8. The van der Waals surface area contributed by atoms with Crippen molar-refractivity contribution in [3.05, 3.63) is 29.5 Å². The second-order valence-electron chi connectivity index (χ2n) is 8.05. The standard InChI is InChI=1S/C19H24N6O3S/c1-12-3-4-16-17(20-12)22-19(28-16)24-8-5-14(6-9-24)18-21-13(2)23-25(18)15-7-10-29(26,27)11-15/h3-4,14-15H,5-11H2,1-2H3. The summed E-state index contributed by atoms with van der Waals surface area (Å²) in [6.07, 6.45) is 2.40. The second kappa shape index (κ2) is 6.79. The Morgan fingerprint density at radius 3 is 2.59 bits per heavy atom. The zero-order chi connectivity index (χ0) is 20.2. The van der Waals surface area contributed by atoms with Gasteiger partial charge >= 0.3 is 0 Å². The van der Waals surface area contributed by atoms with Gasteiger partial charge in [-0.2, -0.15) is 10.1 Å². The number of fused-ring (bicyclic) bond motifs is 1. The smallest absolute Gasteiger partial charge is 0.299 e. The van der Waals surface area contributed by atoms with Crippen LogP contribution in [0.5, 0.6) is 0 Å². The van der Waals surface area contributed by atoms with Crippen LogP contribution in [-0.4, -0.2) is 57.7 Å². The molecular formula is C19H24N6O3S. The van der Waals surface area contributed by atoms with Crippen LogP contribution >= 0.6 is 0 Å². The summed E-state index contributed by atoms with van der Waals surface area (Å²) in [7, 11) is -2.97. The van der Waals surface area contributed by atoms with Crippen molar-refractivity contribution in [3.8, 4) is 0 Å². The number of hydrogen-bond acceptors (Lipinski definition) is 8. The van der Waals surface area contributed by atoms with Crippen molar-refractivity contribution >= 4 is 27.1 Å². The molecule has 154 valence electrons. The molecule has 0 N–H and O–H groups in total. The lowest BCUT2D eigenvalue weighted by Crippen LogP contribution is -2.34. The lowest BCUT2D eigenvalue weighted by Gasteiger charge is -2.30. The monoisotopic (exact) mass is 416 g/mol. The summed E-state index contributed by atoms with van der Waals surface area (Å²) in [6, 6.07) is 4.33. The molecule has 2 fully saturated rings. The van der Waals surface area contributed by atoms with Crippen LogP contribution in [0.3, 0.4) is 0 Å². The zero-order valence-electron chi connectivity index (χ0n) is 16.6. The molecule has 0 aliphatic carbocycles. The highest BCUT2D eigenvalue weighted by Crippen LogP contribution is 2.33. The van der Waals surface area contributed by atoms with Crippen LogP contribution in [0, 0.1) is 13.8 Å². The van der Waals surface area contributed by atoms with E-state index in [2.05, 4.69) is 25.0 Å². The predicted octanol–water partition coefficient (Wildman–Crippen LogP) is 2.17. The topological polar surface area (TPSA) is 107 Å². The maximum absolute atomic E-state index is 11.9. The molecule has 2 aliphatic heterocycles. The molecule has 5 rings (SSSR count). The van der Waals surface area contributed by atoms with Crippen molar-refractivity contribution in [1.29, 1.82) is 0 Å². The van der Waals surface area contributed by atoms with E-state index in [0.717, 1.165) is 37.4 Å². The normalized spacial score (nSPS) is 22.6. The van der Waals surface area contributed by atoms with Gasteiger partial charge in [0.25, 0.3) is 6.01 Å². The number of aromatic nitrogens is 5. The van der Waals surface area contributed by atoms with E-state index < -0.39 is 9.84 Å². The largest absolute Gasteiger partial charge is 0.422 e. The molecule has 3 aromatic rings. The van der Waals surface area contributed by atoms with Crippen LogP contribution in [0.1, 0.15) is 48.6 Å². The number of rotatable bonds is 3. The average molecular weight is 417 g/mol. The van der Waals surface area contributed by atoms with Crippen molar-refractivity contribution in [2.45, 2.75) is 45.1 Å². The van der Waals surface area contributed by atoms with Gasteiger partial charge in [0.1, 0.15) is 11.6 Å². The second-order valence-corrected chi connectivity index (χ2v) is 10.3. The lowest BCUT2D eigenvalue weighted by molar-refractivity contribution is 0.407. The van der Waals surface area contributed by atoms with Gasteiger partial charge in [-0.25, -0.2) is 23.1 Å². The SMILES string of the molecule is Cc1ccc2oc(N3CCC(c4nc(C)nn4C4CCS(=O)(=O)C4)CC3)nc2n1. The first-order chi connectivity index (χ1) is 13.9. The van der Waals surface area contributed by atoms with Gasteiger partial charge < -0.3 is 9.32 Å². The average Bonchev–Trinajstić information content (AvgIpc) is 3.37. The molecule has 0 spiro atoms. The zero-order valence-corrected chi connectivity index (χ0v) is 17.4. The summed E-state index contributed by atoms with van der Waals surface area (Å²) in [5.41, 5.74) is 2.25. The first-order valence-electron chi connectivity index (χ1n) is 10.0. The van der Waals surface area contributed by atoms with Gasteiger partial charge in [0.15, 0.2) is 15.4 Å². The highest BCUT2D eigenvalue weighted by atomic mass is 32.2. The molecule has 0 saturated carbocycles. The number of oxazole rings is 1. The predicted molar refractivity (Wildman–Crippen MR) is 108 cm³/mol. The number of pyridine rings is 1. The van der Waals surface area contributed by atoms with E-state index in [0.29, 0.717) is 29.5 Å². The summed E-state index contributed by atoms with van der Waals surface area (Å²) >= 11 is 0. The fraction of sp³-hybridized carbons (Fsp3) is 0.579. The molecule has 10 heteroatoms. The third kappa shape index (κ3) is 3.50. The Labute approximate surface area is 169 Å². The minimum atomic E-state index is -2.97. The molecule has 1 atom stereocenters. The fourth-order valence-corrected chi connectivity index (χ4v) is 6.02. The molecule has 29 heavy (non-hydrogen) atoms. The fourth-order valence-electron chi connectivity index (χ4n) is 4.33. The van der Waals surface area contributed by atoms with E-state index in [1.165, 1.54) is 0 Å². The van der Waals surface area contributed by atoms with Gasteiger partial charge in [0.05, 0.1) is 17.5 Å². The van der Waals surface area contributed by atoms with Gasteiger partial charge in [-0.3, -0.25) is 0 Å². The maximum atomic E-state index is 11.9. The third-order valence-corrected chi connectivity index (χ3v) is 7.58. The van der Waals surface area contributed by atoms with E-state index in [1.807, 2.05) is 30.7 Å². The summed E-state index contributed by atoms with van der Waals surface area (Å²) in [6.45, 7) is 5.40. The van der Waals surface area contributed by atoms with Crippen LogP contribution in [0.25, 0.3) is 11.2 Å². The maximum Gasteiger partial charge on any atom is 0.299 e. The molecule has 5 heterocycles. The van der Waals surface area contributed by atoms with Crippen molar-refractivity contribution in [2.24, 2.45) is 0 Å². The molecule has 2 saturated heterocycles.